The standard InChI is InChI=1S/C14H18NO4.3CH3.Sn/c1-14(2,3)19-13(18)15-11(12(16)17)9-10-7-5-4-6-8-10;;;;/h5-8,11H,9H2,1-3H3,(H,15,18)(H,16,17);3*1H3;/t11-;;;;/m0..../s1. The maximum atomic E-state index is 11.8. The fraction of sp³-hybridized carbons (Fsp3) is 0.529. The fourth-order valence-corrected chi connectivity index (χ4v) is 5.36. The van der Waals surface area contributed by atoms with Gasteiger partial charge in [0.05, 0.1) is 0 Å². The van der Waals surface area contributed by atoms with E-state index in [9.17, 15) is 14.7 Å². The van der Waals surface area contributed by atoms with E-state index in [1.807, 2.05) is 12.1 Å². The molecule has 0 aliphatic heterocycles. The topological polar surface area (TPSA) is 75.6 Å². The Bertz CT molecular complexity index is 555. The fourth-order valence-electron chi connectivity index (χ4n) is 2.03. The van der Waals surface area contributed by atoms with Crippen molar-refractivity contribution in [2.45, 2.75) is 53.7 Å². The Kier molecular flexibility index (Phi) is 6.50. The van der Waals surface area contributed by atoms with Gasteiger partial charge in [0.2, 0.25) is 0 Å². The molecule has 1 aromatic rings. The van der Waals surface area contributed by atoms with E-state index < -0.39 is 42.1 Å². The molecule has 5 nitrogen and oxygen atoms in total. The van der Waals surface area contributed by atoms with E-state index in [0.29, 0.717) is 0 Å². The first-order valence-corrected chi connectivity index (χ1v) is 17.7. The first-order chi connectivity index (χ1) is 10.4. The van der Waals surface area contributed by atoms with Crippen molar-refractivity contribution >= 4 is 34.0 Å². The molecule has 6 heteroatoms. The average molecular weight is 428 g/mol. The number of hydrogen-bond acceptors (Lipinski definition) is 3. The van der Waals surface area contributed by atoms with Gasteiger partial charge in [0.15, 0.2) is 0 Å². The van der Waals surface area contributed by atoms with Crippen molar-refractivity contribution in [1.29, 1.82) is 0 Å². The summed E-state index contributed by atoms with van der Waals surface area (Å²) in [6.07, 6.45) is -0.485. The van der Waals surface area contributed by atoms with Crippen LogP contribution in [0, 0.1) is 0 Å². The Morgan fingerprint density at radius 2 is 1.70 bits per heavy atom. The third-order valence-corrected chi connectivity index (χ3v) is 9.14. The van der Waals surface area contributed by atoms with Crippen LogP contribution in [0.1, 0.15) is 26.3 Å². The second-order valence-corrected chi connectivity index (χ2v) is 22.2. The van der Waals surface area contributed by atoms with Crippen LogP contribution in [-0.4, -0.2) is 47.2 Å². The van der Waals surface area contributed by atoms with Crippen molar-refractivity contribution in [1.82, 2.24) is 5.32 Å². The Morgan fingerprint density at radius 3 is 2.09 bits per heavy atom. The number of carboxylic acid groups (broad SMARTS) is 1. The van der Waals surface area contributed by atoms with Crippen molar-refractivity contribution in [3.8, 4) is 0 Å². The molecule has 0 fully saturated rings. The molecule has 0 heterocycles. The van der Waals surface area contributed by atoms with Crippen LogP contribution >= 0.6 is 0 Å². The van der Waals surface area contributed by atoms with Crippen molar-refractivity contribution in [2.24, 2.45) is 0 Å². The van der Waals surface area contributed by atoms with Gasteiger partial charge in [-0.2, -0.15) is 0 Å². The van der Waals surface area contributed by atoms with Crippen LogP contribution in [0.4, 0.5) is 4.79 Å². The van der Waals surface area contributed by atoms with Crippen LogP contribution in [-0.2, 0) is 16.0 Å². The summed E-state index contributed by atoms with van der Waals surface area (Å²) in [6.45, 7) is 5.21. The summed E-state index contributed by atoms with van der Waals surface area (Å²) in [7, 11) is 0. The quantitative estimate of drug-likeness (QED) is 0.708. The first-order valence-electron chi connectivity index (χ1n) is 7.70. The molecule has 0 saturated carbocycles. The van der Waals surface area contributed by atoms with E-state index in [1.165, 1.54) is 3.58 Å². The van der Waals surface area contributed by atoms with Crippen LogP contribution < -0.4 is 8.90 Å². The van der Waals surface area contributed by atoms with E-state index in [2.05, 4.69) is 32.3 Å². The summed E-state index contributed by atoms with van der Waals surface area (Å²) < 4.78 is 6.50. The van der Waals surface area contributed by atoms with Gasteiger partial charge in [-0.15, -0.1) is 0 Å². The van der Waals surface area contributed by atoms with Crippen molar-refractivity contribution < 1.29 is 19.4 Å². The molecule has 0 aliphatic carbocycles. The predicted octanol–water partition coefficient (Wildman–Crippen LogP) is 2.75. The van der Waals surface area contributed by atoms with E-state index in [-0.39, 0.29) is 6.42 Å². The number of carboxylic acids is 1. The molecule has 1 aromatic carbocycles. The van der Waals surface area contributed by atoms with Crippen LogP contribution in [0.15, 0.2) is 24.3 Å². The Morgan fingerprint density at radius 1 is 1.17 bits per heavy atom. The van der Waals surface area contributed by atoms with E-state index in [1.54, 1.807) is 20.8 Å². The van der Waals surface area contributed by atoms with Gasteiger partial charge in [-0.05, 0) is 0 Å². The number of rotatable bonds is 5. The summed E-state index contributed by atoms with van der Waals surface area (Å²) in [5, 5.41) is 11.7. The minimum absolute atomic E-state index is 0.231. The number of carbonyl (C=O) groups excluding carboxylic acids is 1. The number of ether oxygens (including phenoxy) is 1. The summed E-state index contributed by atoms with van der Waals surface area (Å²) in [5.74, 6) is -1.07. The van der Waals surface area contributed by atoms with Gasteiger partial charge >= 0.3 is 142 Å². The van der Waals surface area contributed by atoms with Gasteiger partial charge < -0.3 is 0 Å². The van der Waals surface area contributed by atoms with Gasteiger partial charge in [-0.1, -0.05) is 0 Å². The third-order valence-electron chi connectivity index (χ3n) is 3.25. The number of alkyl carbamates (subject to hydrolysis) is 1. The number of hydrogen-bond donors (Lipinski definition) is 2. The molecule has 2 N–H and O–H groups in total. The maximum absolute atomic E-state index is 11.8. The Labute approximate surface area is 142 Å². The molecule has 0 unspecified atom stereocenters. The molecule has 1 atom stereocenters. The number of benzene rings is 1. The Hall–Kier alpha value is -1.24. The zero-order valence-corrected chi connectivity index (χ0v) is 17.6. The molecule has 0 aromatic heterocycles. The van der Waals surface area contributed by atoms with Crippen molar-refractivity contribution in [3.63, 3.8) is 0 Å². The molecule has 0 aliphatic rings. The Balaban J connectivity index is 2.77. The summed E-state index contributed by atoms with van der Waals surface area (Å²) >= 11 is -2.10. The van der Waals surface area contributed by atoms with Crippen LogP contribution in [0.5, 0.6) is 0 Å². The molecule has 128 valence electrons. The monoisotopic (exact) mass is 429 g/mol. The van der Waals surface area contributed by atoms with E-state index in [0.717, 1.165) is 5.56 Å². The molecular weight excluding hydrogens is 401 g/mol. The number of nitrogens with one attached hydrogen (secondary N) is 1. The normalized spacial score (nSPS) is 13.3. The average Bonchev–Trinajstić information content (AvgIpc) is 2.35. The number of amides is 1. The molecule has 0 saturated heterocycles. The second-order valence-electron chi connectivity index (χ2n) is 7.69. The minimum atomic E-state index is -2.10. The van der Waals surface area contributed by atoms with Crippen molar-refractivity contribution in [3.05, 3.63) is 29.8 Å². The molecule has 0 spiro atoms. The molecule has 0 radical (unpaired) electrons. The van der Waals surface area contributed by atoms with Crippen molar-refractivity contribution in [2.75, 3.05) is 0 Å². The SMILES string of the molecule is CC(C)(C)OC(=O)N[C@@H](Cc1cc[c]([Sn]([CH3])([CH3])[CH3])cc1)C(=O)O. The molecule has 1 amide bonds. The van der Waals surface area contributed by atoms with Crippen LogP contribution in [0.3, 0.4) is 0 Å². The summed E-state index contributed by atoms with van der Waals surface area (Å²) in [5.41, 5.74) is 0.224. The number of carbonyl (C=O) groups is 2. The summed E-state index contributed by atoms with van der Waals surface area (Å²) in [6, 6.07) is 7.05. The molecular formula is C17H27NO4Sn. The van der Waals surface area contributed by atoms with Gasteiger partial charge in [0, 0.05) is 0 Å². The zero-order valence-electron chi connectivity index (χ0n) is 14.8. The summed E-state index contributed by atoms with van der Waals surface area (Å²) in [4.78, 5) is 30.1. The van der Waals surface area contributed by atoms with E-state index >= 15 is 0 Å². The zero-order chi connectivity index (χ0) is 17.8. The number of aliphatic carboxylic acids is 1. The second kappa shape index (κ2) is 7.55. The molecule has 1 rings (SSSR count). The third kappa shape index (κ3) is 7.24. The van der Waals surface area contributed by atoms with E-state index in [4.69, 9.17) is 4.74 Å². The molecule has 0 bridgehead atoms. The van der Waals surface area contributed by atoms with Gasteiger partial charge in [0.1, 0.15) is 0 Å². The van der Waals surface area contributed by atoms with Crippen LogP contribution in [0.2, 0.25) is 14.8 Å². The molecule has 23 heavy (non-hydrogen) atoms. The van der Waals surface area contributed by atoms with Gasteiger partial charge in [-0.25, -0.2) is 0 Å². The van der Waals surface area contributed by atoms with Gasteiger partial charge in [-0.3, -0.25) is 0 Å². The predicted molar refractivity (Wildman–Crippen MR) is 93.9 cm³/mol. The van der Waals surface area contributed by atoms with Gasteiger partial charge in [0.25, 0.3) is 0 Å². The van der Waals surface area contributed by atoms with Crippen LogP contribution in [0.25, 0.3) is 0 Å². The first kappa shape index (κ1) is 19.8.